The zero-order valence-corrected chi connectivity index (χ0v) is 43.1. The van der Waals surface area contributed by atoms with Gasteiger partial charge in [0.1, 0.15) is 11.3 Å². The molecule has 1 aliphatic rings. The first-order chi connectivity index (χ1) is 33.0. The second kappa shape index (κ2) is 24.3. The standard InChI is InChI=1S/C59H52NOP.C4H10.C2H6/c1-8-13-39(4)42(7)56-36-50(22-25-54(56)38(3)9-2)46-17-11-15-44(31-46)43-14-10-16-45(30-43)48-23-26-58-52(33-48)34-53(61-58)24-27-59(62)51-19-12-18-47(32-51)49-21-20-40(5)55(35-49)57-37-60-29-28-41(57)6;1-3-4-2;1-2/h8,10-19,22-38,62H,9H2,1-7H3;3-4H2,1-2H3;1-2H3/b13-8-,27-24-,42-39+;;. The van der Waals surface area contributed by atoms with Crippen LogP contribution in [0.3, 0.4) is 0 Å². The number of hydrogen-bond donors (Lipinski definition) is 0. The molecule has 68 heavy (non-hydrogen) atoms. The fraction of sp³-hybridized carbons (Fsp3) is 0.231. The quantitative estimate of drug-likeness (QED) is 0.0654. The van der Waals surface area contributed by atoms with Gasteiger partial charge in [0.15, 0.2) is 0 Å². The molecule has 0 radical (unpaired) electrons. The molecular formula is C65H68NOP. The molecule has 344 valence electrons. The van der Waals surface area contributed by atoms with E-state index in [1.54, 1.807) is 0 Å². The predicted molar refractivity (Wildman–Crippen MR) is 301 cm³/mol. The number of hydrogen-bond acceptors (Lipinski definition) is 2. The number of furan rings is 1. The Morgan fingerprint density at radius 2 is 1.32 bits per heavy atom. The van der Waals surface area contributed by atoms with E-state index < -0.39 is 0 Å². The number of pyridine rings is 1. The lowest BCUT2D eigenvalue weighted by Crippen LogP contribution is -1.99. The van der Waals surface area contributed by atoms with E-state index in [0.29, 0.717) is 5.92 Å². The van der Waals surface area contributed by atoms with E-state index in [1.165, 1.54) is 62.9 Å². The molecule has 0 saturated heterocycles. The summed E-state index contributed by atoms with van der Waals surface area (Å²) in [6, 6.07) is 43.8. The predicted octanol–water partition coefficient (Wildman–Crippen LogP) is 19.4. The maximum absolute atomic E-state index is 6.30. The van der Waals surface area contributed by atoms with Crippen LogP contribution in [-0.2, 0) is 0 Å². The van der Waals surface area contributed by atoms with Gasteiger partial charge in [0.25, 0.3) is 0 Å². The molecule has 2 aromatic heterocycles. The highest BCUT2D eigenvalue weighted by Gasteiger charge is 2.16. The minimum Gasteiger partial charge on any atom is -0.457 e. The molecule has 0 saturated carbocycles. The SMILES string of the molecule is C/C=C\C(C)=C(/C)c1cc(-c2cccc(-c3cccc(-c4ccc5oc(/C=C\C(=P)c6cccc(C7=C=C=C(C)C(c8cnccc8C)=C7)c6)cc5c4)c3)c2)ccc1C(C)CC.CC.CCCC. The fourth-order valence-corrected chi connectivity index (χ4v) is 8.43. The van der Waals surface area contributed by atoms with E-state index in [0.717, 1.165) is 73.0 Å². The van der Waals surface area contributed by atoms with Crippen molar-refractivity contribution >= 4 is 47.9 Å². The Morgan fingerprint density at radius 1 is 0.706 bits per heavy atom. The van der Waals surface area contributed by atoms with Gasteiger partial charge in [-0.3, -0.25) is 4.98 Å². The third-order valence-corrected chi connectivity index (χ3v) is 13.1. The van der Waals surface area contributed by atoms with E-state index in [9.17, 15) is 0 Å². The Morgan fingerprint density at radius 3 is 1.96 bits per heavy atom. The first kappa shape index (κ1) is 50.6. The van der Waals surface area contributed by atoms with Crippen molar-refractivity contribution in [2.75, 3.05) is 0 Å². The maximum atomic E-state index is 6.30. The first-order valence-electron chi connectivity index (χ1n) is 24.4. The summed E-state index contributed by atoms with van der Waals surface area (Å²) >= 11 is 0. The number of allylic oxidation sites excluding steroid dienone is 9. The summed E-state index contributed by atoms with van der Waals surface area (Å²) in [4.78, 5) is 4.37. The van der Waals surface area contributed by atoms with Gasteiger partial charge in [0, 0.05) is 39.8 Å². The molecule has 7 aromatic rings. The van der Waals surface area contributed by atoms with E-state index in [1.807, 2.05) is 44.5 Å². The zero-order valence-electron chi connectivity index (χ0n) is 42.1. The van der Waals surface area contributed by atoms with Crippen LogP contribution in [0.1, 0.15) is 134 Å². The lowest BCUT2D eigenvalue weighted by Gasteiger charge is -2.19. The van der Waals surface area contributed by atoms with E-state index in [-0.39, 0.29) is 0 Å². The molecule has 1 aliphatic carbocycles. The summed E-state index contributed by atoms with van der Waals surface area (Å²) in [7, 11) is 3.90. The zero-order chi connectivity index (χ0) is 48.7. The van der Waals surface area contributed by atoms with Crippen molar-refractivity contribution in [1.29, 1.82) is 0 Å². The van der Waals surface area contributed by atoms with Gasteiger partial charge in [-0.25, -0.2) is 0 Å². The highest BCUT2D eigenvalue weighted by Crippen LogP contribution is 2.37. The van der Waals surface area contributed by atoms with Crippen molar-refractivity contribution in [3.63, 3.8) is 0 Å². The van der Waals surface area contributed by atoms with Gasteiger partial charge < -0.3 is 4.42 Å². The van der Waals surface area contributed by atoms with Crippen LogP contribution in [-0.4, -0.2) is 10.3 Å². The van der Waals surface area contributed by atoms with Gasteiger partial charge >= 0.3 is 0 Å². The number of unbranched alkanes of at least 4 members (excludes halogenated alkanes) is 1. The third-order valence-electron chi connectivity index (χ3n) is 12.7. The number of fused-ring (bicyclic) bond motifs is 1. The molecule has 8 rings (SSSR count). The van der Waals surface area contributed by atoms with Crippen molar-refractivity contribution in [3.05, 3.63) is 220 Å². The summed E-state index contributed by atoms with van der Waals surface area (Å²) in [6.07, 6.45) is 18.1. The molecule has 0 amide bonds. The summed E-state index contributed by atoms with van der Waals surface area (Å²) < 4.78 is 6.30. The molecule has 2 heterocycles. The Kier molecular flexibility index (Phi) is 18.1. The fourth-order valence-electron chi connectivity index (χ4n) is 8.19. The number of aryl methyl sites for hydroxylation is 1. The molecule has 5 aromatic carbocycles. The van der Waals surface area contributed by atoms with Crippen LogP contribution in [0.25, 0.3) is 67.1 Å². The van der Waals surface area contributed by atoms with Crippen LogP contribution >= 0.6 is 8.86 Å². The molecule has 1 atom stereocenters. The first-order valence-corrected chi connectivity index (χ1v) is 24.9. The van der Waals surface area contributed by atoms with Crippen LogP contribution in [0.4, 0.5) is 0 Å². The van der Waals surface area contributed by atoms with Crippen LogP contribution in [0.2, 0.25) is 0 Å². The minimum atomic E-state index is 0.488. The summed E-state index contributed by atoms with van der Waals surface area (Å²) in [5.41, 5.74) is 27.7. The summed E-state index contributed by atoms with van der Waals surface area (Å²) in [5, 5.41) is 2.01. The van der Waals surface area contributed by atoms with Gasteiger partial charge in [-0.05, 0) is 192 Å². The second-order valence-electron chi connectivity index (χ2n) is 17.3. The Hall–Kier alpha value is -6.78. The van der Waals surface area contributed by atoms with Crippen LogP contribution in [0.5, 0.6) is 0 Å². The molecule has 0 bridgehead atoms. The van der Waals surface area contributed by atoms with Crippen LogP contribution in [0.15, 0.2) is 185 Å². The molecule has 1 unspecified atom stereocenters. The third kappa shape index (κ3) is 12.2. The van der Waals surface area contributed by atoms with Gasteiger partial charge in [-0.2, -0.15) is 0 Å². The average Bonchev–Trinajstić information content (AvgIpc) is 3.81. The molecule has 0 spiro atoms. The summed E-state index contributed by atoms with van der Waals surface area (Å²) in [6.45, 7) is 23.7. The lowest BCUT2D eigenvalue weighted by atomic mass is 9.86. The topological polar surface area (TPSA) is 26.0 Å². The van der Waals surface area contributed by atoms with Crippen molar-refractivity contribution in [1.82, 2.24) is 4.98 Å². The second-order valence-corrected chi connectivity index (χ2v) is 17.9. The van der Waals surface area contributed by atoms with E-state index in [2.05, 4.69) is 221 Å². The maximum Gasteiger partial charge on any atom is 0.134 e. The molecule has 3 heteroatoms. The van der Waals surface area contributed by atoms with Crippen LogP contribution in [0, 0.1) is 6.92 Å². The minimum absolute atomic E-state index is 0.488. The van der Waals surface area contributed by atoms with Gasteiger partial charge in [-0.1, -0.05) is 151 Å². The normalized spacial score (nSPS) is 13.0. The largest absolute Gasteiger partial charge is 0.457 e. The number of rotatable bonds is 13. The van der Waals surface area contributed by atoms with E-state index in [4.69, 9.17) is 4.42 Å². The monoisotopic (exact) mass is 910 g/mol. The highest BCUT2D eigenvalue weighted by atomic mass is 31.0. The van der Waals surface area contributed by atoms with Gasteiger partial charge in [0.05, 0.1) is 0 Å². The molecule has 0 N–H and O–H groups in total. The van der Waals surface area contributed by atoms with E-state index >= 15 is 0 Å². The van der Waals surface area contributed by atoms with Gasteiger partial charge in [0.2, 0.25) is 0 Å². The summed E-state index contributed by atoms with van der Waals surface area (Å²) in [5.74, 6) is 1.28. The highest BCUT2D eigenvalue weighted by molar-refractivity contribution is 7.23. The Balaban J connectivity index is 0.00000121. The number of aromatic nitrogens is 1. The number of benzene rings is 5. The van der Waals surface area contributed by atoms with Crippen molar-refractivity contribution in [2.24, 2.45) is 0 Å². The number of nitrogens with zero attached hydrogens (tertiary/aromatic N) is 1. The Labute approximate surface area is 409 Å². The smallest absolute Gasteiger partial charge is 0.134 e. The van der Waals surface area contributed by atoms with Gasteiger partial charge in [-0.15, -0.1) is 8.86 Å². The van der Waals surface area contributed by atoms with Crippen molar-refractivity contribution < 1.29 is 4.42 Å². The molecule has 2 nitrogen and oxygen atoms in total. The average molecular weight is 910 g/mol. The Bertz CT molecular complexity index is 3150. The molecule has 0 aliphatic heterocycles. The van der Waals surface area contributed by atoms with Crippen LogP contribution < -0.4 is 0 Å². The van der Waals surface area contributed by atoms with Crippen molar-refractivity contribution in [3.8, 4) is 33.4 Å². The molecule has 0 fully saturated rings. The lowest BCUT2D eigenvalue weighted by molar-refractivity contribution is 0.604. The van der Waals surface area contributed by atoms with Crippen molar-refractivity contribution in [2.45, 2.75) is 101 Å². The molecular weight excluding hydrogens is 842 g/mol.